The molecule has 0 aliphatic carbocycles. The van der Waals surface area contributed by atoms with E-state index in [1.807, 2.05) is 0 Å². The number of nitrogens with one attached hydrogen (secondary N) is 2. The molecule has 0 bridgehead atoms. The van der Waals surface area contributed by atoms with Gasteiger partial charge in [-0.15, -0.1) is 0 Å². The summed E-state index contributed by atoms with van der Waals surface area (Å²) >= 11 is 5.80. The molecule has 3 heterocycles. The van der Waals surface area contributed by atoms with Crippen LogP contribution in [0.25, 0.3) is 0 Å². The standard InChI is InChI=1S/C16H15ClF3N5/c17-11-1-10(16(18,19)20)2-12(3-11)23-15-22-4-9-7-25(8-14(9)24-15)13-5-21-6-13/h1-4,13,21H,5-8H2,(H,22,23,24). The number of hydrogen-bond acceptors (Lipinski definition) is 5. The number of aromatic nitrogens is 2. The maximum atomic E-state index is 12.9. The molecule has 1 aromatic carbocycles. The van der Waals surface area contributed by atoms with Crippen LogP contribution in [0.1, 0.15) is 16.8 Å². The second-order valence-electron chi connectivity index (χ2n) is 6.23. The minimum Gasteiger partial charge on any atom is -0.324 e. The molecular weight excluding hydrogens is 355 g/mol. The zero-order valence-corrected chi connectivity index (χ0v) is 13.8. The quantitative estimate of drug-likeness (QED) is 0.870. The number of fused-ring (bicyclic) bond motifs is 1. The minimum absolute atomic E-state index is 0.00198. The van der Waals surface area contributed by atoms with Crippen molar-refractivity contribution >= 4 is 23.2 Å². The first-order chi connectivity index (χ1) is 11.9. The van der Waals surface area contributed by atoms with Crippen molar-refractivity contribution in [3.8, 4) is 0 Å². The van der Waals surface area contributed by atoms with Crippen LogP contribution >= 0.6 is 11.6 Å². The van der Waals surface area contributed by atoms with Crippen LogP contribution in [0, 0.1) is 0 Å². The van der Waals surface area contributed by atoms with E-state index < -0.39 is 11.7 Å². The maximum Gasteiger partial charge on any atom is 0.416 e. The molecule has 0 radical (unpaired) electrons. The molecule has 1 aromatic heterocycles. The molecule has 2 aliphatic heterocycles. The van der Waals surface area contributed by atoms with Crippen LogP contribution in [0.2, 0.25) is 5.02 Å². The number of benzene rings is 1. The van der Waals surface area contributed by atoms with Crippen LogP contribution in [0.5, 0.6) is 0 Å². The van der Waals surface area contributed by atoms with Crippen LogP contribution in [-0.2, 0) is 19.3 Å². The van der Waals surface area contributed by atoms with E-state index in [0.29, 0.717) is 6.04 Å². The van der Waals surface area contributed by atoms with E-state index >= 15 is 0 Å². The maximum absolute atomic E-state index is 12.9. The van der Waals surface area contributed by atoms with Gasteiger partial charge in [-0.25, -0.2) is 9.97 Å². The molecule has 2 N–H and O–H groups in total. The summed E-state index contributed by atoms with van der Waals surface area (Å²) in [5.41, 5.74) is 1.35. The summed E-state index contributed by atoms with van der Waals surface area (Å²) in [7, 11) is 0. The third-order valence-corrected chi connectivity index (χ3v) is 4.66. The molecule has 132 valence electrons. The van der Waals surface area contributed by atoms with Crippen molar-refractivity contribution in [1.82, 2.24) is 20.2 Å². The lowest BCUT2D eigenvalue weighted by Crippen LogP contribution is -2.55. The Morgan fingerprint density at radius 3 is 2.68 bits per heavy atom. The minimum atomic E-state index is -4.46. The van der Waals surface area contributed by atoms with Crippen molar-refractivity contribution in [2.45, 2.75) is 25.3 Å². The number of alkyl halides is 3. The summed E-state index contributed by atoms with van der Waals surface area (Å²) in [5.74, 6) is 0.266. The Balaban J connectivity index is 1.54. The molecule has 2 aromatic rings. The van der Waals surface area contributed by atoms with E-state index in [-0.39, 0.29) is 16.7 Å². The van der Waals surface area contributed by atoms with Gasteiger partial charge in [0.2, 0.25) is 5.95 Å². The number of rotatable bonds is 3. The molecule has 0 saturated carbocycles. The number of halogens is 4. The van der Waals surface area contributed by atoms with E-state index in [4.69, 9.17) is 11.6 Å². The molecule has 25 heavy (non-hydrogen) atoms. The van der Waals surface area contributed by atoms with Gasteiger partial charge in [-0.05, 0) is 18.2 Å². The Morgan fingerprint density at radius 2 is 2.00 bits per heavy atom. The number of anilines is 2. The van der Waals surface area contributed by atoms with Crippen molar-refractivity contribution in [3.63, 3.8) is 0 Å². The highest BCUT2D eigenvalue weighted by Gasteiger charge is 2.32. The monoisotopic (exact) mass is 369 g/mol. The first kappa shape index (κ1) is 16.6. The van der Waals surface area contributed by atoms with Gasteiger partial charge < -0.3 is 10.6 Å². The summed E-state index contributed by atoms with van der Waals surface area (Å²) in [6, 6.07) is 3.81. The van der Waals surface area contributed by atoms with Crippen LogP contribution in [0.3, 0.4) is 0 Å². The second-order valence-corrected chi connectivity index (χ2v) is 6.67. The Kier molecular flexibility index (Phi) is 4.05. The predicted molar refractivity (Wildman–Crippen MR) is 87.7 cm³/mol. The van der Waals surface area contributed by atoms with Crippen LogP contribution in [-0.4, -0.2) is 34.0 Å². The Bertz CT molecular complexity index is 807. The van der Waals surface area contributed by atoms with Gasteiger partial charge >= 0.3 is 6.18 Å². The van der Waals surface area contributed by atoms with Crippen LogP contribution < -0.4 is 10.6 Å². The normalized spacial score (nSPS) is 18.1. The van der Waals surface area contributed by atoms with Gasteiger partial charge in [-0.3, -0.25) is 4.90 Å². The molecule has 0 spiro atoms. The van der Waals surface area contributed by atoms with E-state index in [2.05, 4.69) is 25.5 Å². The fraction of sp³-hybridized carbons (Fsp3) is 0.375. The Hall–Kier alpha value is -1.90. The van der Waals surface area contributed by atoms with Crippen molar-refractivity contribution in [1.29, 1.82) is 0 Å². The third-order valence-electron chi connectivity index (χ3n) is 4.44. The Labute approximate surface area is 147 Å². The predicted octanol–water partition coefficient (Wildman–Crippen LogP) is 3.18. The van der Waals surface area contributed by atoms with Gasteiger partial charge in [0.25, 0.3) is 0 Å². The van der Waals surface area contributed by atoms with Gasteiger partial charge in [0.15, 0.2) is 0 Å². The average Bonchev–Trinajstić information content (AvgIpc) is 2.86. The van der Waals surface area contributed by atoms with E-state index in [9.17, 15) is 13.2 Å². The molecule has 0 amide bonds. The van der Waals surface area contributed by atoms with Gasteiger partial charge in [0.1, 0.15) is 0 Å². The second kappa shape index (κ2) is 6.12. The molecule has 1 fully saturated rings. The molecule has 0 unspecified atom stereocenters. The molecule has 4 rings (SSSR count). The summed E-state index contributed by atoms with van der Waals surface area (Å²) in [5, 5.41) is 6.06. The van der Waals surface area contributed by atoms with Gasteiger partial charge in [-0.1, -0.05) is 11.6 Å². The molecule has 2 aliphatic rings. The summed E-state index contributed by atoms with van der Waals surface area (Å²) in [6.07, 6.45) is -2.73. The highest BCUT2D eigenvalue weighted by atomic mass is 35.5. The number of hydrogen-bond donors (Lipinski definition) is 2. The summed E-state index contributed by atoms with van der Waals surface area (Å²) in [6.45, 7) is 3.46. The molecular formula is C16H15ClF3N5. The van der Waals surface area contributed by atoms with Gasteiger partial charge in [0.05, 0.1) is 11.3 Å². The highest BCUT2D eigenvalue weighted by molar-refractivity contribution is 6.31. The topological polar surface area (TPSA) is 53.1 Å². The molecule has 0 atom stereocenters. The first-order valence-electron chi connectivity index (χ1n) is 7.83. The van der Waals surface area contributed by atoms with Gasteiger partial charge in [-0.2, -0.15) is 13.2 Å². The largest absolute Gasteiger partial charge is 0.416 e. The summed E-state index contributed by atoms with van der Waals surface area (Å²) < 4.78 is 38.7. The summed E-state index contributed by atoms with van der Waals surface area (Å²) in [4.78, 5) is 11.0. The van der Waals surface area contributed by atoms with Crippen molar-refractivity contribution < 1.29 is 13.2 Å². The van der Waals surface area contributed by atoms with Crippen LogP contribution in [0.4, 0.5) is 24.8 Å². The SMILES string of the molecule is FC(F)(F)c1cc(Cl)cc(Nc2ncc3c(n2)CN(C2CNC2)C3)c1. The molecule has 9 heteroatoms. The lowest BCUT2D eigenvalue weighted by Gasteiger charge is -2.35. The van der Waals surface area contributed by atoms with E-state index in [1.165, 1.54) is 6.07 Å². The smallest absolute Gasteiger partial charge is 0.324 e. The lowest BCUT2D eigenvalue weighted by molar-refractivity contribution is -0.137. The molecule has 5 nitrogen and oxygen atoms in total. The van der Waals surface area contributed by atoms with Gasteiger partial charge in [0, 0.05) is 54.7 Å². The first-order valence-corrected chi connectivity index (χ1v) is 8.21. The molecule has 1 saturated heterocycles. The van der Waals surface area contributed by atoms with Crippen molar-refractivity contribution in [2.75, 3.05) is 18.4 Å². The van der Waals surface area contributed by atoms with Crippen molar-refractivity contribution in [3.05, 3.63) is 46.2 Å². The zero-order valence-electron chi connectivity index (χ0n) is 13.1. The van der Waals surface area contributed by atoms with E-state index in [1.54, 1.807) is 6.20 Å². The van der Waals surface area contributed by atoms with Crippen LogP contribution in [0.15, 0.2) is 24.4 Å². The van der Waals surface area contributed by atoms with Crippen molar-refractivity contribution in [2.24, 2.45) is 0 Å². The fourth-order valence-electron chi connectivity index (χ4n) is 2.98. The Morgan fingerprint density at radius 1 is 1.20 bits per heavy atom. The van der Waals surface area contributed by atoms with E-state index in [0.717, 1.165) is 49.6 Å². The highest BCUT2D eigenvalue weighted by Crippen LogP contribution is 2.34. The average molecular weight is 370 g/mol. The fourth-order valence-corrected chi connectivity index (χ4v) is 3.22. The lowest BCUT2D eigenvalue weighted by atomic mass is 10.1. The third kappa shape index (κ3) is 3.42. The number of nitrogens with zero attached hydrogens (tertiary/aromatic N) is 3. The zero-order chi connectivity index (χ0) is 17.6.